The molecule has 0 fully saturated rings. The molecule has 0 spiro atoms. The van der Waals surface area contributed by atoms with Gasteiger partial charge in [0, 0.05) is 12.2 Å². The van der Waals surface area contributed by atoms with Gasteiger partial charge in [-0.1, -0.05) is 61.9 Å². The number of hydrogen-bond acceptors (Lipinski definition) is 1. The highest BCUT2D eigenvalue weighted by Crippen LogP contribution is 2.22. The van der Waals surface area contributed by atoms with Gasteiger partial charge in [-0.15, -0.1) is 0 Å². The van der Waals surface area contributed by atoms with Gasteiger partial charge in [-0.25, -0.2) is 0 Å². The van der Waals surface area contributed by atoms with Crippen LogP contribution in [0.25, 0.3) is 0 Å². The van der Waals surface area contributed by atoms with Crippen molar-refractivity contribution < 1.29 is 0 Å². The molecule has 2 N–H and O–H groups in total. The minimum absolute atomic E-state index is 0.677. The summed E-state index contributed by atoms with van der Waals surface area (Å²) < 4.78 is 0. The minimum Gasteiger partial charge on any atom is -0.358 e. The van der Waals surface area contributed by atoms with Crippen molar-refractivity contribution in [1.29, 1.82) is 0 Å². The third kappa shape index (κ3) is 4.31. The van der Waals surface area contributed by atoms with Crippen molar-refractivity contribution in [1.82, 2.24) is 5.32 Å². The number of aryl methyl sites for hydroxylation is 3. The number of anilines is 1. The van der Waals surface area contributed by atoms with Crippen LogP contribution in [0, 0.1) is 6.92 Å². The van der Waals surface area contributed by atoms with E-state index in [2.05, 4.69) is 73.9 Å². The second-order valence-corrected chi connectivity index (χ2v) is 5.86. The lowest BCUT2D eigenvalue weighted by Gasteiger charge is -2.17. The van der Waals surface area contributed by atoms with Gasteiger partial charge in [0.05, 0.1) is 0 Å². The molecule has 0 atom stereocenters. The monoisotopic (exact) mass is 312 g/mol. The fourth-order valence-corrected chi connectivity index (χ4v) is 2.62. The predicted octanol–water partition coefficient (Wildman–Crippen LogP) is 4.61. The summed E-state index contributed by atoms with van der Waals surface area (Å²) in [6.45, 7) is 7.17. The number of para-hydroxylation sites is 1. The van der Waals surface area contributed by atoms with Crippen molar-refractivity contribution in [3.8, 4) is 0 Å². The Balaban J connectivity index is 2.01. The molecule has 0 aliphatic heterocycles. The molecule has 0 heterocycles. The van der Waals surface area contributed by atoms with Crippen LogP contribution in [-0.2, 0) is 19.4 Å². The molecule has 0 aliphatic rings. The van der Waals surface area contributed by atoms with Crippen LogP contribution in [0.3, 0.4) is 0 Å². The van der Waals surface area contributed by atoms with E-state index in [4.69, 9.17) is 12.2 Å². The highest BCUT2D eigenvalue weighted by atomic mass is 32.1. The second kappa shape index (κ2) is 7.95. The van der Waals surface area contributed by atoms with E-state index in [0.29, 0.717) is 5.11 Å². The van der Waals surface area contributed by atoms with Crippen molar-refractivity contribution in [2.45, 2.75) is 40.2 Å². The Morgan fingerprint density at radius 2 is 1.55 bits per heavy atom. The summed E-state index contributed by atoms with van der Waals surface area (Å²) in [6, 6.07) is 14.9. The summed E-state index contributed by atoms with van der Waals surface area (Å²) >= 11 is 5.45. The maximum absolute atomic E-state index is 5.45. The van der Waals surface area contributed by atoms with Gasteiger partial charge in [-0.2, -0.15) is 0 Å². The van der Waals surface area contributed by atoms with Crippen LogP contribution in [0.15, 0.2) is 42.5 Å². The summed E-state index contributed by atoms with van der Waals surface area (Å²) in [4.78, 5) is 0. The Bertz CT molecular complexity index is 610. The second-order valence-electron chi connectivity index (χ2n) is 5.45. The van der Waals surface area contributed by atoms with Crippen molar-refractivity contribution >= 4 is 23.0 Å². The zero-order valence-electron chi connectivity index (χ0n) is 13.6. The number of hydrogen-bond donors (Lipinski definition) is 2. The molecular formula is C19H24N2S. The Labute approximate surface area is 139 Å². The summed E-state index contributed by atoms with van der Waals surface area (Å²) in [5, 5.41) is 7.35. The molecule has 2 nitrogen and oxygen atoms in total. The first-order valence-electron chi connectivity index (χ1n) is 7.85. The minimum atomic E-state index is 0.677. The van der Waals surface area contributed by atoms with E-state index in [1.54, 1.807) is 0 Å². The Hall–Kier alpha value is -1.87. The van der Waals surface area contributed by atoms with Crippen LogP contribution < -0.4 is 10.6 Å². The third-order valence-corrected chi connectivity index (χ3v) is 4.06. The lowest BCUT2D eigenvalue weighted by Crippen LogP contribution is -2.28. The SMILES string of the molecule is CCc1cccc(CC)c1NC(=S)NCc1ccc(C)cc1. The first-order chi connectivity index (χ1) is 10.6. The molecule has 116 valence electrons. The average Bonchev–Trinajstić information content (AvgIpc) is 2.54. The van der Waals surface area contributed by atoms with E-state index < -0.39 is 0 Å². The normalized spacial score (nSPS) is 10.3. The predicted molar refractivity (Wildman–Crippen MR) is 99.4 cm³/mol. The Kier molecular flexibility index (Phi) is 5.96. The molecule has 2 aromatic carbocycles. The smallest absolute Gasteiger partial charge is 0.171 e. The number of nitrogens with one attached hydrogen (secondary N) is 2. The largest absolute Gasteiger partial charge is 0.358 e. The molecular weight excluding hydrogens is 288 g/mol. The lowest BCUT2D eigenvalue weighted by atomic mass is 10.0. The molecule has 3 heteroatoms. The maximum atomic E-state index is 5.45. The van der Waals surface area contributed by atoms with Crippen LogP contribution >= 0.6 is 12.2 Å². The standard InChI is InChI=1S/C19H24N2S/c1-4-16-7-6-8-17(5-2)18(16)21-19(22)20-13-15-11-9-14(3)10-12-15/h6-12H,4-5,13H2,1-3H3,(H2,20,21,22). The molecule has 22 heavy (non-hydrogen) atoms. The quantitative estimate of drug-likeness (QED) is 0.789. The van der Waals surface area contributed by atoms with Gasteiger partial charge in [0.1, 0.15) is 0 Å². The first-order valence-corrected chi connectivity index (χ1v) is 8.26. The fraction of sp³-hybridized carbons (Fsp3) is 0.316. The molecule has 2 rings (SSSR count). The summed E-state index contributed by atoms with van der Waals surface area (Å²) in [5.74, 6) is 0. The van der Waals surface area contributed by atoms with Crippen molar-refractivity contribution in [2.75, 3.05) is 5.32 Å². The molecule has 0 aromatic heterocycles. The molecule has 0 radical (unpaired) electrons. The van der Waals surface area contributed by atoms with E-state index in [-0.39, 0.29) is 0 Å². The molecule has 2 aromatic rings. The van der Waals surface area contributed by atoms with Crippen molar-refractivity contribution in [2.24, 2.45) is 0 Å². The van der Waals surface area contributed by atoms with Crippen LogP contribution in [0.2, 0.25) is 0 Å². The van der Waals surface area contributed by atoms with Gasteiger partial charge >= 0.3 is 0 Å². The summed E-state index contributed by atoms with van der Waals surface area (Å²) in [7, 11) is 0. The number of thiocarbonyl (C=S) groups is 1. The fourth-order valence-electron chi connectivity index (χ4n) is 2.45. The Morgan fingerprint density at radius 1 is 0.955 bits per heavy atom. The number of rotatable bonds is 5. The molecule has 0 aliphatic carbocycles. The molecule has 0 bridgehead atoms. The van der Waals surface area contributed by atoms with E-state index in [9.17, 15) is 0 Å². The molecule has 0 saturated carbocycles. The topological polar surface area (TPSA) is 24.1 Å². The van der Waals surface area contributed by atoms with Gasteiger partial charge in [-0.05, 0) is 48.7 Å². The van der Waals surface area contributed by atoms with Crippen LogP contribution in [0.1, 0.15) is 36.1 Å². The Morgan fingerprint density at radius 3 is 2.09 bits per heavy atom. The summed E-state index contributed by atoms with van der Waals surface area (Å²) in [5.41, 5.74) is 6.27. The molecule has 0 saturated heterocycles. The van der Waals surface area contributed by atoms with Crippen LogP contribution in [0.5, 0.6) is 0 Å². The van der Waals surface area contributed by atoms with E-state index >= 15 is 0 Å². The molecule has 0 unspecified atom stereocenters. The van der Waals surface area contributed by atoms with Crippen LogP contribution in [-0.4, -0.2) is 5.11 Å². The molecule has 0 amide bonds. The zero-order chi connectivity index (χ0) is 15.9. The van der Waals surface area contributed by atoms with Gasteiger partial charge in [0.15, 0.2) is 5.11 Å². The first kappa shape index (κ1) is 16.5. The highest BCUT2D eigenvalue weighted by molar-refractivity contribution is 7.80. The van der Waals surface area contributed by atoms with E-state index in [1.165, 1.54) is 22.3 Å². The van der Waals surface area contributed by atoms with Gasteiger partial charge < -0.3 is 10.6 Å². The third-order valence-electron chi connectivity index (χ3n) is 3.81. The van der Waals surface area contributed by atoms with E-state index in [1.807, 2.05) is 0 Å². The zero-order valence-corrected chi connectivity index (χ0v) is 14.4. The van der Waals surface area contributed by atoms with Gasteiger partial charge in [0.2, 0.25) is 0 Å². The lowest BCUT2D eigenvalue weighted by molar-refractivity contribution is 0.923. The highest BCUT2D eigenvalue weighted by Gasteiger charge is 2.07. The maximum Gasteiger partial charge on any atom is 0.171 e. The average molecular weight is 312 g/mol. The van der Waals surface area contributed by atoms with Gasteiger partial charge in [-0.3, -0.25) is 0 Å². The van der Waals surface area contributed by atoms with Crippen molar-refractivity contribution in [3.63, 3.8) is 0 Å². The van der Waals surface area contributed by atoms with Crippen molar-refractivity contribution in [3.05, 3.63) is 64.7 Å². The summed E-state index contributed by atoms with van der Waals surface area (Å²) in [6.07, 6.45) is 1.99. The van der Waals surface area contributed by atoms with E-state index in [0.717, 1.165) is 25.1 Å². The number of benzene rings is 2. The van der Waals surface area contributed by atoms with Crippen LogP contribution in [0.4, 0.5) is 5.69 Å². The van der Waals surface area contributed by atoms with Gasteiger partial charge in [0.25, 0.3) is 0 Å².